The van der Waals surface area contributed by atoms with Gasteiger partial charge in [0.2, 0.25) is 0 Å². The lowest BCUT2D eigenvalue weighted by molar-refractivity contribution is -0.181. The quantitative estimate of drug-likeness (QED) is 0.389. The Labute approximate surface area is 63.2 Å². The van der Waals surface area contributed by atoms with Crippen molar-refractivity contribution in [2.24, 2.45) is 0 Å². The van der Waals surface area contributed by atoms with Crippen LogP contribution in [-0.2, 0) is 9.53 Å². The minimum Gasteiger partial charge on any atom is -0.458 e. The smallest absolute Gasteiger partial charge is 0.338 e. The zero-order chi connectivity index (χ0) is 8.43. The molecule has 1 saturated heterocycles. The highest BCUT2D eigenvalue weighted by Crippen LogP contribution is 2.14. The molecule has 0 aromatic heterocycles. The molecule has 64 valence electrons. The maximum Gasteiger partial charge on any atom is 0.338 e. The van der Waals surface area contributed by atoms with Crippen LogP contribution in [0.5, 0.6) is 0 Å². The topological polar surface area (TPSA) is 87.0 Å². The van der Waals surface area contributed by atoms with Crippen LogP contribution in [0.25, 0.3) is 0 Å². The van der Waals surface area contributed by atoms with Crippen molar-refractivity contribution in [1.29, 1.82) is 0 Å². The Morgan fingerprint density at radius 2 is 2.18 bits per heavy atom. The second kappa shape index (κ2) is 3.17. The molecule has 3 N–H and O–H groups in total. The summed E-state index contributed by atoms with van der Waals surface area (Å²) in [6.45, 7) is -0.324. The zero-order valence-corrected chi connectivity index (χ0v) is 5.80. The predicted octanol–water partition coefficient (Wildman–Crippen LogP) is -1.98. The summed E-state index contributed by atoms with van der Waals surface area (Å²) < 4.78 is 4.52. The van der Waals surface area contributed by atoms with Gasteiger partial charge >= 0.3 is 5.97 Å². The van der Waals surface area contributed by atoms with Crippen molar-refractivity contribution >= 4 is 5.97 Å². The Kier molecular flexibility index (Phi) is 2.43. The fourth-order valence-electron chi connectivity index (χ4n) is 0.949. The number of cyclic esters (lactones) is 1. The number of hydrogen-bond acceptors (Lipinski definition) is 5. The van der Waals surface area contributed by atoms with Crippen LogP contribution in [0.2, 0.25) is 0 Å². The molecule has 1 aliphatic rings. The largest absolute Gasteiger partial charge is 0.458 e. The van der Waals surface area contributed by atoms with E-state index in [1.165, 1.54) is 0 Å². The van der Waals surface area contributed by atoms with E-state index in [2.05, 4.69) is 4.74 Å². The van der Waals surface area contributed by atoms with Crippen LogP contribution in [0.15, 0.2) is 0 Å². The van der Waals surface area contributed by atoms with E-state index < -0.39 is 24.3 Å². The van der Waals surface area contributed by atoms with Gasteiger partial charge in [0.25, 0.3) is 0 Å². The normalized spacial score (nSPS) is 38.5. The molecule has 5 heteroatoms. The Balaban J connectivity index is 2.54. The Morgan fingerprint density at radius 1 is 1.55 bits per heavy atom. The summed E-state index contributed by atoms with van der Waals surface area (Å²) in [5.41, 5.74) is 0. The van der Waals surface area contributed by atoms with E-state index >= 15 is 0 Å². The number of rotatable bonds is 1. The van der Waals surface area contributed by atoms with Crippen LogP contribution in [-0.4, -0.2) is 46.2 Å². The van der Waals surface area contributed by atoms with Gasteiger partial charge in [-0.05, 0) is 0 Å². The molecule has 5 nitrogen and oxygen atoms in total. The standard InChI is InChI=1S/C6H10O5/c7-2-3-1-4(8)5(9)6(10)11-3/h3-5,7-9H,1-2H2/t3?,4?,5-/m1/s1. The third-order valence-electron chi connectivity index (χ3n) is 1.60. The van der Waals surface area contributed by atoms with E-state index in [0.717, 1.165) is 0 Å². The third-order valence-corrected chi connectivity index (χ3v) is 1.60. The average Bonchev–Trinajstić information content (AvgIpc) is 1.99. The summed E-state index contributed by atoms with van der Waals surface area (Å²) in [5, 5.41) is 26.4. The van der Waals surface area contributed by atoms with Crippen LogP contribution in [0.1, 0.15) is 6.42 Å². The zero-order valence-electron chi connectivity index (χ0n) is 5.80. The molecule has 1 aliphatic heterocycles. The predicted molar refractivity (Wildman–Crippen MR) is 33.6 cm³/mol. The fraction of sp³-hybridized carbons (Fsp3) is 0.833. The molecule has 0 aromatic rings. The van der Waals surface area contributed by atoms with Gasteiger partial charge < -0.3 is 20.1 Å². The van der Waals surface area contributed by atoms with Gasteiger partial charge in [0, 0.05) is 6.42 Å². The molecule has 0 spiro atoms. The van der Waals surface area contributed by atoms with E-state index in [1.54, 1.807) is 0 Å². The lowest BCUT2D eigenvalue weighted by Crippen LogP contribution is -2.46. The van der Waals surface area contributed by atoms with Crippen molar-refractivity contribution in [2.75, 3.05) is 6.61 Å². The van der Waals surface area contributed by atoms with Crippen LogP contribution in [0.3, 0.4) is 0 Å². The van der Waals surface area contributed by atoms with Crippen molar-refractivity contribution < 1.29 is 24.9 Å². The first kappa shape index (κ1) is 8.45. The Hall–Kier alpha value is -0.650. The second-order valence-electron chi connectivity index (χ2n) is 2.49. The van der Waals surface area contributed by atoms with E-state index in [1.807, 2.05) is 0 Å². The summed E-state index contributed by atoms with van der Waals surface area (Å²) in [6, 6.07) is 0. The first-order valence-corrected chi connectivity index (χ1v) is 3.32. The van der Waals surface area contributed by atoms with E-state index in [0.29, 0.717) is 0 Å². The molecular weight excluding hydrogens is 152 g/mol. The van der Waals surface area contributed by atoms with Crippen molar-refractivity contribution in [3.63, 3.8) is 0 Å². The van der Waals surface area contributed by atoms with Crippen LogP contribution in [0, 0.1) is 0 Å². The Morgan fingerprint density at radius 3 is 2.64 bits per heavy atom. The van der Waals surface area contributed by atoms with Crippen molar-refractivity contribution in [2.45, 2.75) is 24.7 Å². The molecule has 1 fully saturated rings. The lowest BCUT2D eigenvalue weighted by Gasteiger charge is -2.27. The van der Waals surface area contributed by atoms with Crippen molar-refractivity contribution in [3.05, 3.63) is 0 Å². The molecule has 2 unspecified atom stereocenters. The van der Waals surface area contributed by atoms with Gasteiger partial charge in [0.1, 0.15) is 6.10 Å². The van der Waals surface area contributed by atoms with Gasteiger partial charge in [-0.15, -0.1) is 0 Å². The van der Waals surface area contributed by atoms with Crippen LogP contribution < -0.4 is 0 Å². The van der Waals surface area contributed by atoms with E-state index in [9.17, 15) is 4.79 Å². The van der Waals surface area contributed by atoms with Gasteiger partial charge in [0.05, 0.1) is 12.7 Å². The second-order valence-corrected chi connectivity index (χ2v) is 2.49. The maximum absolute atomic E-state index is 10.6. The van der Waals surface area contributed by atoms with Crippen molar-refractivity contribution in [1.82, 2.24) is 0 Å². The fourth-order valence-corrected chi connectivity index (χ4v) is 0.949. The van der Waals surface area contributed by atoms with Gasteiger partial charge in [-0.1, -0.05) is 0 Å². The SMILES string of the molecule is O=C1OC(CO)CC(O)[C@H]1O. The van der Waals surface area contributed by atoms with Gasteiger partial charge in [-0.3, -0.25) is 0 Å². The summed E-state index contributed by atoms with van der Waals surface area (Å²) >= 11 is 0. The highest BCUT2D eigenvalue weighted by molar-refractivity contribution is 5.76. The first-order valence-electron chi connectivity index (χ1n) is 3.32. The van der Waals surface area contributed by atoms with Gasteiger partial charge in [0.15, 0.2) is 6.10 Å². The number of hydrogen-bond donors (Lipinski definition) is 3. The minimum absolute atomic E-state index is 0.0867. The number of aliphatic hydroxyl groups is 3. The van der Waals surface area contributed by atoms with Crippen LogP contribution >= 0.6 is 0 Å². The number of esters is 1. The highest BCUT2D eigenvalue weighted by Gasteiger charge is 2.35. The molecule has 0 radical (unpaired) electrons. The third kappa shape index (κ3) is 1.68. The average molecular weight is 162 g/mol. The van der Waals surface area contributed by atoms with Crippen LogP contribution in [0.4, 0.5) is 0 Å². The lowest BCUT2D eigenvalue weighted by atomic mass is 10.0. The minimum atomic E-state index is -1.46. The van der Waals surface area contributed by atoms with Gasteiger partial charge in [-0.25, -0.2) is 4.79 Å². The number of ether oxygens (including phenoxy) is 1. The highest BCUT2D eigenvalue weighted by atomic mass is 16.6. The molecule has 1 heterocycles. The molecule has 1 rings (SSSR count). The summed E-state index contributed by atoms with van der Waals surface area (Å²) in [4.78, 5) is 10.6. The van der Waals surface area contributed by atoms with Gasteiger partial charge in [-0.2, -0.15) is 0 Å². The molecule has 3 atom stereocenters. The molecule has 0 amide bonds. The number of carbonyl (C=O) groups excluding carboxylic acids is 1. The van der Waals surface area contributed by atoms with Crippen molar-refractivity contribution in [3.8, 4) is 0 Å². The summed E-state index contributed by atoms with van der Waals surface area (Å²) in [6.07, 6.45) is -3.17. The molecular formula is C6H10O5. The molecule has 0 aromatic carbocycles. The molecule has 0 bridgehead atoms. The molecule has 0 saturated carbocycles. The molecule has 11 heavy (non-hydrogen) atoms. The number of aliphatic hydroxyl groups excluding tert-OH is 3. The Bertz CT molecular complexity index is 157. The monoisotopic (exact) mass is 162 g/mol. The first-order chi connectivity index (χ1) is 5.15. The van der Waals surface area contributed by atoms with E-state index in [4.69, 9.17) is 15.3 Å². The molecule has 0 aliphatic carbocycles. The summed E-state index contributed by atoms with van der Waals surface area (Å²) in [7, 11) is 0. The maximum atomic E-state index is 10.6. The van der Waals surface area contributed by atoms with E-state index in [-0.39, 0.29) is 13.0 Å². The summed E-state index contributed by atoms with van der Waals surface area (Å²) in [5.74, 6) is -0.872. The number of carbonyl (C=O) groups is 1.